The Labute approximate surface area is 157 Å². The van der Waals surface area contributed by atoms with Gasteiger partial charge in [0.15, 0.2) is 0 Å². The van der Waals surface area contributed by atoms with Crippen LogP contribution in [-0.2, 0) is 19.8 Å². The van der Waals surface area contributed by atoms with E-state index in [9.17, 15) is 18.0 Å². The highest BCUT2D eigenvalue weighted by Gasteiger charge is 2.40. The standard InChI is InChI=1S/C21H14F3N3O/c1-3-12-27-16-11-7-5-9-14(16)25-18(20(27)28)17-13-8-4-6-10-15(13)26(2)19(17)21(22,23)24/h1,4-11H,12H2,2H3. The first-order chi connectivity index (χ1) is 13.3. The molecule has 0 amide bonds. The molecule has 0 aliphatic carbocycles. The molecule has 0 saturated heterocycles. The Morgan fingerprint density at radius 3 is 2.39 bits per heavy atom. The molecule has 4 aromatic rings. The smallest absolute Gasteiger partial charge is 0.340 e. The first kappa shape index (κ1) is 17.9. The lowest BCUT2D eigenvalue weighted by atomic mass is 10.1. The Hall–Kier alpha value is -3.53. The summed E-state index contributed by atoms with van der Waals surface area (Å²) < 4.78 is 44.1. The van der Waals surface area contributed by atoms with E-state index >= 15 is 0 Å². The Morgan fingerprint density at radius 2 is 1.71 bits per heavy atom. The van der Waals surface area contributed by atoms with Gasteiger partial charge in [-0.25, -0.2) is 4.98 Å². The van der Waals surface area contributed by atoms with Gasteiger partial charge in [0.05, 0.1) is 17.6 Å². The van der Waals surface area contributed by atoms with E-state index in [0.29, 0.717) is 21.9 Å². The largest absolute Gasteiger partial charge is 0.432 e. The van der Waals surface area contributed by atoms with Gasteiger partial charge in [0, 0.05) is 23.5 Å². The number of benzene rings is 2. The molecule has 2 aromatic carbocycles. The molecule has 28 heavy (non-hydrogen) atoms. The van der Waals surface area contributed by atoms with Crippen LogP contribution < -0.4 is 5.56 Å². The van der Waals surface area contributed by atoms with Crippen LogP contribution in [0.4, 0.5) is 13.2 Å². The van der Waals surface area contributed by atoms with Gasteiger partial charge in [-0.1, -0.05) is 36.3 Å². The summed E-state index contributed by atoms with van der Waals surface area (Å²) in [5.41, 5.74) is -0.830. The Kier molecular flexibility index (Phi) is 4.00. The molecule has 0 radical (unpaired) electrons. The van der Waals surface area contributed by atoms with Gasteiger partial charge in [0.1, 0.15) is 11.4 Å². The van der Waals surface area contributed by atoms with E-state index < -0.39 is 17.4 Å². The third-order valence-corrected chi connectivity index (χ3v) is 4.71. The van der Waals surface area contributed by atoms with E-state index in [1.54, 1.807) is 48.5 Å². The number of terminal acetylenes is 1. The molecule has 0 aliphatic rings. The number of para-hydroxylation sites is 3. The average molecular weight is 381 g/mol. The summed E-state index contributed by atoms with van der Waals surface area (Å²) in [5.74, 6) is 2.39. The van der Waals surface area contributed by atoms with Gasteiger partial charge in [0.25, 0.3) is 5.56 Å². The fourth-order valence-electron chi connectivity index (χ4n) is 3.57. The second-order valence-corrected chi connectivity index (χ2v) is 6.34. The van der Waals surface area contributed by atoms with Crippen LogP contribution >= 0.6 is 0 Å². The van der Waals surface area contributed by atoms with Crippen LogP contribution in [0.5, 0.6) is 0 Å². The Balaban J connectivity index is 2.21. The molecule has 0 aliphatic heterocycles. The zero-order chi connectivity index (χ0) is 20.1. The molecule has 4 rings (SSSR count). The van der Waals surface area contributed by atoms with E-state index in [0.717, 1.165) is 4.57 Å². The first-order valence-electron chi connectivity index (χ1n) is 8.42. The van der Waals surface area contributed by atoms with Crippen LogP contribution in [0.1, 0.15) is 5.69 Å². The molecule has 2 heterocycles. The molecule has 0 spiro atoms. The van der Waals surface area contributed by atoms with Crippen LogP contribution in [0.25, 0.3) is 33.2 Å². The van der Waals surface area contributed by atoms with Gasteiger partial charge in [-0.05, 0) is 18.2 Å². The third kappa shape index (κ3) is 2.57. The molecule has 7 heteroatoms. The molecule has 140 valence electrons. The highest BCUT2D eigenvalue weighted by Crippen LogP contribution is 2.41. The summed E-state index contributed by atoms with van der Waals surface area (Å²) >= 11 is 0. The number of rotatable bonds is 2. The van der Waals surface area contributed by atoms with Crippen LogP contribution in [0.2, 0.25) is 0 Å². The number of nitrogens with zero attached hydrogens (tertiary/aromatic N) is 3. The number of alkyl halides is 3. The van der Waals surface area contributed by atoms with Crippen molar-refractivity contribution in [3.8, 4) is 23.6 Å². The lowest BCUT2D eigenvalue weighted by molar-refractivity contribution is -0.142. The molecule has 0 saturated carbocycles. The van der Waals surface area contributed by atoms with Crippen molar-refractivity contribution >= 4 is 21.9 Å². The van der Waals surface area contributed by atoms with Crippen molar-refractivity contribution in [1.82, 2.24) is 14.1 Å². The maximum atomic E-state index is 13.9. The minimum atomic E-state index is -4.67. The predicted octanol–water partition coefficient (Wildman–Crippen LogP) is 4.21. The van der Waals surface area contributed by atoms with Crippen molar-refractivity contribution in [2.24, 2.45) is 7.05 Å². The van der Waals surface area contributed by atoms with Crippen molar-refractivity contribution in [1.29, 1.82) is 0 Å². The molecule has 0 fully saturated rings. The van der Waals surface area contributed by atoms with Gasteiger partial charge in [0.2, 0.25) is 0 Å². The maximum Gasteiger partial charge on any atom is 0.432 e. The van der Waals surface area contributed by atoms with Crippen molar-refractivity contribution in [3.63, 3.8) is 0 Å². The molecule has 4 nitrogen and oxygen atoms in total. The normalized spacial score (nSPS) is 11.8. The minimum absolute atomic E-state index is 0.0685. The quantitative estimate of drug-likeness (QED) is 0.488. The molecule has 0 N–H and O–H groups in total. The molecule has 0 bridgehead atoms. The predicted molar refractivity (Wildman–Crippen MR) is 102 cm³/mol. The fraction of sp³-hybridized carbons (Fsp3) is 0.143. The SMILES string of the molecule is C#CCn1c(=O)c(-c2c(C(F)(F)F)n(C)c3ccccc23)nc2ccccc21. The number of aromatic nitrogens is 3. The Morgan fingerprint density at radius 1 is 1.07 bits per heavy atom. The zero-order valence-electron chi connectivity index (χ0n) is 14.8. The first-order valence-corrected chi connectivity index (χ1v) is 8.42. The second kappa shape index (κ2) is 6.27. The molecule has 0 atom stereocenters. The number of hydrogen-bond acceptors (Lipinski definition) is 2. The summed E-state index contributed by atoms with van der Waals surface area (Å²) in [7, 11) is 1.33. The van der Waals surface area contributed by atoms with Crippen molar-refractivity contribution < 1.29 is 13.2 Å². The average Bonchev–Trinajstić information content (AvgIpc) is 2.97. The third-order valence-electron chi connectivity index (χ3n) is 4.71. The minimum Gasteiger partial charge on any atom is -0.340 e. The van der Waals surface area contributed by atoms with Crippen LogP contribution in [-0.4, -0.2) is 14.1 Å². The number of halogens is 3. The highest BCUT2D eigenvalue weighted by atomic mass is 19.4. The summed E-state index contributed by atoms with van der Waals surface area (Å²) in [6, 6.07) is 13.1. The van der Waals surface area contributed by atoms with Gasteiger partial charge in [-0.15, -0.1) is 6.42 Å². The highest BCUT2D eigenvalue weighted by molar-refractivity contribution is 5.98. The van der Waals surface area contributed by atoms with Gasteiger partial charge >= 0.3 is 6.18 Å². The van der Waals surface area contributed by atoms with E-state index in [4.69, 9.17) is 6.42 Å². The molecular formula is C21H14F3N3O. The van der Waals surface area contributed by atoms with E-state index in [1.807, 2.05) is 0 Å². The molecule has 0 unspecified atom stereocenters. The van der Waals surface area contributed by atoms with E-state index in [1.165, 1.54) is 11.6 Å². The lowest BCUT2D eigenvalue weighted by Gasteiger charge is -2.13. The second-order valence-electron chi connectivity index (χ2n) is 6.34. The number of hydrogen-bond donors (Lipinski definition) is 0. The monoisotopic (exact) mass is 381 g/mol. The number of aryl methyl sites for hydroxylation is 1. The zero-order valence-corrected chi connectivity index (χ0v) is 14.8. The fourth-order valence-corrected chi connectivity index (χ4v) is 3.57. The van der Waals surface area contributed by atoms with Gasteiger partial charge in [-0.2, -0.15) is 13.2 Å². The lowest BCUT2D eigenvalue weighted by Crippen LogP contribution is -2.24. The van der Waals surface area contributed by atoms with Crippen molar-refractivity contribution in [2.45, 2.75) is 12.7 Å². The van der Waals surface area contributed by atoms with Crippen LogP contribution in [0.3, 0.4) is 0 Å². The number of fused-ring (bicyclic) bond motifs is 2. The van der Waals surface area contributed by atoms with Crippen molar-refractivity contribution in [2.75, 3.05) is 0 Å². The van der Waals surface area contributed by atoms with Gasteiger partial charge < -0.3 is 4.57 Å². The summed E-state index contributed by atoms with van der Waals surface area (Å²) in [6.07, 6.45) is 0.722. The van der Waals surface area contributed by atoms with E-state index in [2.05, 4.69) is 10.9 Å². The van der Waals surface area contributed by atoms with Crippen molar-refractivity contribution in [3.05, 3.63) is 64.6 Å². The van der Waals surface area contributed by atoms with Crippen LogP contribution in [0, 0.1) is 12.3 Å². The molecule has 2 aromatic heterocycles. The van der Waals surface area contributed by atoms with E-state index in [-0.39, 0.29) is 17.8 Å². The summed E-state index contributed by atoms with van der Waals surface area (Å²) in [5, 5.41) is 0.310. The maximum absolute atomic E-state index is 13.9. The summed E-state index contributed by atoms with van der Waals surface area (Å²) in [6.45, 7) is -0.0685. The topological polar surface area (TPSA) is 39.8 Å². The van der Waals surface area contributed by atoms with Gasteiger partial charge in [-0.3, -0.25) is 9.36 Å². The summed E-state index contributed by atoms with van der Waals surface area (Å²) in [4.78, 5) is 17.4. The van der Waals surface area contributed by atoms with Crippen LogP contribution in [0.15, 0.2) is 53.3 Å². The Bertz CT molecular complexity index is 1320. The molecular weight excluding hydrogens is 367 g/mol.